The minimum absolute atomic E-state index is 0.166. The van der Waals surface area contributed by atoms with Gasteiger partial charge in [0.15, 0.2) is 0 Å². The summed E-state index contributed by atoms with van der Waals surface area (Å²) in [7, 11) is 0. The number of rotatable bonds is 6. The Morgan fingerprint density at radius 2 is 1.95 bits per heavy atom. The Morgan fingerprint density at radius 3 is 2.62 bits per heavy atom. The predicted molar refractivity (Wildman–Crippen MR) is 150 cm³/mol. The van der Waals surface area contributed by atoms with Crippen molar-refractivity contribution in [1.29, 1.82) is 0 Å². The number of amides is 1. The fourth-order valence-electron chi connectivity index (χ4n) is 5.21. The number of carbonyl (C=O) groups excluding carboxylic acids is 1. The van der Waals surface area contributed by atoms with Crippen LogP contribution >= 0.6 is 23.2 Å². The van der Waals surface area contributed by atoms with E-state index >= 15 is 0 Å². The first kappa shape index (κ1) is 25.7. The Labute approximate surface area is 235 Å². The van der Waals surface area contributed by atoms with Gasteiger partial charge in [0.05, 0.1) is 43.7 Å². The fourth-order valence-corrected chi connectivity index (χ4v) is 5.86. The van der Waals surface area contributed by atoms with E-state index in [0.717, 1.165) is 35.2 Å². The van der Waals surface area contributed by atoms with E-state index < -0.39 is 11.4 Å². The molecule has 1 amide bonds. The monoisotopic (exact) mass is 565 g/mol. The van der Waals surface area contributed by atoms with Gasteiger partial charge in [-0.15, -0.1) is 0 Å². The molecule has 3 aromatic heterocycles. The van der Waals surface area contributed by atoms with Crippen molar-refractivity contribution in [3.63, 3.8) is 0 Å². The van der Waals surface area contributed by atoms with Crippen LogP contribution < -0.4 is 16.9 Å². The van der Waals surface area contributed by atoms with E-state index in [9.17, 15) is 4.79 Å². The first-order valence-electron chi connectivity index (χ1n) is 12.8. The number of nitrogens with two attached hydrogens (primary N) is 2. The standard InChI is InChI=1S/C27H29Cl2N9O/c1-15-3-6-23-19-11-27(8-7-22(19)35-37(23)12-15,24(30)13-36(31)17-4-5-17)33-26(39)25-20(28)9-18(10-21(25)29)38-14-32-16(2)34-38/h3,6,9-10,12-14,17H,4-5,7-8,11,30-31H2,1-2H3,(H,33,39)/b24-13-. The van der Waals surface area contributed by atoms with E-state index in [1.165, 1.54) is 0 Å². The van der Waals surface area contributed by atoms with Gasteiger partial charge in [0.2, 0.25) is 0 Å². The lowest BCUT2D eigenvalue weighted by Gasteiger charge is -2.39. The van der Waals surface area contributed by atoms with E-state index in [1.54, 1.807) is 41.3 Å². The van der Waals surface area contributed by atoms with Crippen LogP contribution in [0.2, 0.25) is 10.0 Å². The number of nitrogens with zero attached hydrogens (tertiary/aromatic N) is 6. The summed E-state index contributed by atoms with van der Waals surface area (Å²) < 4.78 is 3.45. The quantitative estimate of drug-likeness (QED) is 0.240. The second kappa shape index (κ2) is 9.55. The highest BCUT2D eigenvalue weighted by molar-refractivity contribution is 6.40. The summed E-state index contributed by atoms with van der Waals surface area (Å²) in [6.45, 7) is 3.81. The van der Waals surface area contributed by atoms with Crippen LogP contribution in [0, 0.1) is 13.8 Å². The Balaban J connectivity index is 1.38. The smallest absolute Gasteiger partial charge is 0.255 e. The van der Waals surface area contributed by atoms with Crippen molar-refractivity contribution in [2.75, 3.05) is 0 Å². The van der Waals surface area contributed by atoms with Crippen LogP contribution in [0.15, 0.2) is 48.7 Å². The third-order valence-electron chi connectivity index (χ3n) is 7.52. The summed E-state index contributed by atoms with van der Waals surface area (Å²) in [6.07, 6.45) is 8.96. The van der Waals surface area contributed by atoms with Gasteiger partial charge in [0.1, 0.15) is 12.2 Å². The molecule has 202 valence electrons. The van der Waals surface area contributed by atoms with Crippen LogP contribution in [0.5, 0.6) is 0 Å². The topological polar surface area (TPSA) is 132 Å². The predicted octanol–water partition coefficient (Wildman–Crippen LogP) is 3.63. The Morgan fingerprint density at radius 1 is 1.21 bits per heavy atom. The third kappa shape index (κ3) is 4.73. The van der Waals surface area contributed by atoms with E-state index in [1.807, 2.05) is 17.6 Å². The maximum Gasteiger partial charge on any atom is 0.255 e. The molecular weight excluding hydrogens is 537 g/mol. The van der Waals surface area contributed by atoms with E-state index in [0.29, 0.717) is 36.5 Å². The SMILES string of the molecule is Cc1ccc2c3c(nn2c1)CCC(NC(=O)c1c(Cl)cc(-n2cnc(C)n2)cc1Cl)(/C(N)=C/N(N)C1CC1)C3. The highest BCUT2D eigenvalue weighted by Crippen LogP contribution is 2.37. The summed E-state index contributed by atoms with van der Waals surface area (Å²) in [4.78, 5) is 18.0. The highest BCUT2D eigenvalue weighted by Gasteiger charge is 2.42. The number of pyridine rings is 1. The van der Waals surface area contributed by atoms with Gasteiger partial charge in [-0.2, -0.15) is 10.2 Å². The van der Waals surface area contributed by atoms with Crippen LogP contribution in [0.25, 0.3) is 11.2 Å². The molecule has 1 unspecified atom stereocenters. The van der Waals surface area contributed by atoms with Gasteiger partial charge in [-0.3, -0.25) is 4.79 Å². The molecule has 4 aromatic rings. The highest BCUT2D eigenvalue weighted by atomic mass is 35.5. The average Bonchev–Trinajstić information content (AvgIpc) is 3.56. The summed E-state index contributed by atoms with van der Waals surface area (Å²) in [5.74, 6) is 6.47. The normalized spacial score (nSPS) is 19.3. The number of halogens is 2. The van der Waals surface area contributed by atoms with Gasteiger partial charge in [0.25, 0.3) is 5.91 Å². The molecule has 5 N–H and O–H groups in total. The van der Waals surface area contributed by atoms with Crippen LogP contribution in [-0.4, -0.2) is 46.9 Å². The zero-order valence-electron chi connectivity index (χ0n) is 21.7. The lowest BCUT2D eigenvalue weighted by atomic mass is 9.77. The van der Waals surface area contributed by atoms with Gasteiger partial charge in [-0.25, -0.2) is 20.0 Å². The number of carbonyl (C=O) groups is 1. The van der Waals surface area contributed by atoms with Gasteiger partial charge >= 0.3 is 0 Å². The Hall–Kier alpha value is -3.60. The minimum atomic E-state index is -0.917. The molecule has 3 heterocycles. The number of hydrazine groups is 1. The second-order valence-electron chi connectivity index (χ2n) is 10.5. The van der Waals surface area contributed by atoms with Gasteiger partial charge in [-0.05, 0) is 63.3 Å². The largest absolute Gasteiger partial charge is 0.399 e. The van der Waals surface area contributed by atoms with Crippen molar-refractivity contribution in [3.05, 3.63) is 86.9 Å². The lowest BCUT2D eigenvalue weighted by Crippen LogP contribution is -2.56. The molecule has 10 nitrogen and oxygen atoms in total. The Bertz CT molecular complexity index is 1610. The molecule has 2 aliphatic rings. The fraction of sp³-hybridized carbons (Fsp3) is 0.333. The van der Waals surface area contributed by atoms with Crippen molar-refractivity contribution in [2.45, 2.75) is 57.5 Å². The molecule has 0 aliphatic heterocycles. The summed E-state index contributed by atoms with van der Waals surface area (Å²) in [6, 6.07) is 7.65. The summed E-state index contributed by atoms with van der Waals surface area (Å²) in [5, 5.41) is 14.3. The zero-order chi connectivity index (χ0) is 27.5. The lowest BCUT2D eigenvalue weighted by molar-refractivity contribution is 0.0904. The van der Waals surface area contributed by atoms with E-state index in [4.69, 9.17) is 39.9 Å². The van der Waals surface area contributed by atoms with Crippen molar-refractivity contribution < 1.29 is 4.79 Å². The van der Waals surface area contributed by atoms with Crippen molar-refractivity contribution >= 4 is 34.6 Å². The van der Waals surface area contributed by atoms with E-state index in [2.05, 4.69) is 27.5 Å². The molecule has 1 aromatic carbocycles. The van der Waals surface area contributed by atoms with Crippen molar-refractivity contribution in [3.8, 4) is 5.69 Å². The minimum Gasteiger partial charge on any atom is -0.399 e. The number of fused-ring (bicyclic) bond motifs is 3. The number of aromatic nitrogens is 5. The second-order valence-corrected chi connectivity index (χ2v) is 11.3. The molecule has 6 rings (SSSR count). The maximum absolute atomic E-state index is 13.8. The molecule has 1 saturated carbocycles. The van der Waals surface area contributed by atoms with Crippen molar-refractivity contribution in [2.24, 2.45) is 11.6 Å². The molecule has 0 radical (unpaired) electrons. The molecule has 1 atom stereocenters. The van der Waals surface area contributed by atoms with Gasteiger partial charge < -0.3 is 16.1 Å². The third-order valence-corrected chi connectivity index (χ3v) is 8.11. The number of hydrogen-bond acceptors (Lipinski definition) is 7. The number of aryl methyl sites for hydroxylation is 3. The molecule has 0 bridgehead atoms. The molecular formula is C27H29Cl2N9O. The molecule has 12 heteroatoms. The molecule has 0 spiro atoms. The first-order valence-corrected chi connectivity index (χ1v) is 13.6. The molecule has 39 heavy (non-hydrogen) atoms. The number of nitrogens with one attached hydrogen (secondary N) is 1. The van der Waals surface area contributed by atoms with Gasteiger partial charge in [-0.1, -0.05) is 29.3 Å². The Kier molecular flexibility index (Phi) is 6.28. The number of benzene rings is 1. The van der Waals surface area contributed by atoms with Crippen LogP contribution in [0.1, 0.15) is 52.3 Å². The summed E-state index contributed by atoms with van der Waals surface area (Å²) >= 11 is 13.3. The van der Waals surface area contributed by atoms with Crippen LogP contribution in [-0.2, 0) is 12.8 Å². The summed E-state index contributed by atoms with van der Waals surface area (Å²) in [5.41, 5.74) is 11.2. The molecule has 1 fully saturated rings. The maximum atomic E-state index is 13.8. The first-order chi connectivity index (χ1) is 18.6. The van der Waals surface area contributed by atoms with Crippen LogP contribution in [0.3, 0.4) is 0 Å². The zero-order valence-corrected chi connectivity index (χ0v) is 23.2. The van der Waals surface area contributed by atoms with Crippen molar-refractivity contribution in [1.82, 2.24) is 34.7 Å². The van der Waals surface area contributed by atoms with Crippen LogP contribution in [0.4, 0.5) is 0 Å². The van der Waals surface area contributed by atoms with E-state index in [-0.39, 0.29) is 21.7 Å². The number of hydrogen-bond donors (Lipinski definition) is 3. The molecule has 0 saturated heterocycles. The molecule has 2 aliphatic carbocycles. The average molecular weight is 566 g/mol. The van der Waals surface area contributed by atoms with Gasteiger partial charge in [0, 0.05) is 30.4 Å².